The molecule has 2 rings (SSSR count). The van der Waals surface area contributed by atoms with Gasteiger partial charge in [0, 0.05) is 5.69 Å². The van der Waals surface area contributed by atoms with Gasteiger partial charge in [0.1, 0.15) is 6.07 Å². The van der Waals surface area contributed by atoms with Crippen molar-refractivity contribution in [2.45, 2.75) is 13.3 Å². The van der Waals surface area contributed by atoms with E-state index in [-0.39, 0.29) is 5.82 Å². The molecule has 4 nitrogen and oxygen atoms in total. The van der Waals surface area contributed by atoms with Crippen LogP contribution in [-0.4, -0.2) is 9.97 Å². The third-order valence-electron chi connectivity index (χ3n) is 2.43. The van der Waals surface area contributed by atoms with Gasteiger partial charge < -0.3 is 5.32 Å². The van der Waals surface area contributed by atoms with E-state index in [0.29, 0.717) is 0 Å². The number of nitriles is 1. The first kappa shape index (κ1) is 11.1. The smallest absolute Gasteiger partial charge is 0.232 e. The zero-order valence-corrected chi connectivity index (χ0v) is 9.51. The lowest BCUT2D eigenvalue weighted by molar-refractivity contribution is 1.11. The standard InChI is InChI=1S/C13H12N4/c1-2-10-5-3-4-6-12(10)17-11-8-15-13(7-14)16-9-11/h3-6,8-9,17H,2H2,1H3. The van der Waals surface area contributed by atoms with Gasteiger partial charge in [0.15, 0.2) is 0 Å². The lowest BCUT2D eigenvalue weighted by atomic mass is 10.1. The Bertz CT molecular complexity index is 540. The van der Waals surface area contributed by atoms with E-state index in [2.05, 4.69) is 28.3 Å². The summed E-state index contributed by atoms with van der Waals surface area (Å²) in [6.45, 7) is 2.11. The molecule has 0 spiro atoms. The van der Waals surface area contributed by atoms with E-state index in [9.17, 15) is 0 Å². The van der Waals surface area contributed by atoms with E-state index in [1.807, 2.05) is 24.3 Å². The molecule has 0 saturated carbocycles. The molecule has 1 aromatic carbocycles. The van der Waals surface area contributed by atoms with Gasteiger partial charge in [-0.3, -0.25) is 0 Å². The second-order valence-electron chi connectivity index (χ2n) is 3.54. The Morgan fingerprint density at radius 1 is 1.24 bits per heavy atom. The fourth-order valence-electron chi connectivity index (χ4n) is 1.56. The highest BCUT2D eigenvalue weighted by molar-refractivity contribution is 5.61. The van der Waals surface area contributed by atoms with Crippen LogP contribution in [0.15, 0.2) is 36.7 Å². The highest BCUT2D eigenvalue weighted by Gasteiger charge is 2.01. The molecular formula is C13H12N4. The maximum Gasteiger partial charge on any atom is 0.232 e. The number of para-hydroxylation sites is 1. The minimum absolute atomic E-state index is 0.180. The minimum atomic E-state index is 0.180. The van der Waals surface area contributed by atoms with E-state index in [1.54, 1.807) is 12.4 Å². The predicted molar refractivity (Wildman–Crippen MR) is 65.8 cm³/mol. The Morgan fingerprint density at radius 3 is 2.59 bits per heavy atom. The highest BCUT2D eigenvalue weighted by atomic mass is 15.0. The normalized spacial score (nSPS) is 9.65. The van der Waals surface area contributed by atoms with Gasteiger partial charge in [0.25, 0.3) is 0 Å². The van der Waals surface area contributed by atoms with Gasteiger partial charge in [-0.2, -0.15) is 5.26 Å². The second-order valence-corrected chi connectivity index (χ2v) is 3.54. The molecule has 4 heteroatoms. The van der Waals surface area contributed by atoms with Gasteiger partial charge in [-0.25, -0.2) is 9.97 Å². The maximum absolute atomic E-state index is 8.60. The molecule has 0 unspecified atom stereocenters. The summed E-state index contributed by atoms with van der Waals surface area (Å²) < 4.78 is 0. The average Bonchev–Trinajstić information content (AvgIpc) is 2.40. The number of aryl methyl sites for hydroxylation is 1. The number of hydrogen-bond donors (Lipinski definition) is 1. The summed E-state index contributed by atoms with van der Waals surface area (Å²) in [6.07, 6.45) is 4.18. The van der Waals surface area contributed by atoms with Crippen molar-refractivity contribution in [3.05, 3.63) is 48.0 Å². The number of aromatic nitrogens is 2. The first-order valence-corrected chi connectivity index (χ1v) is 5.40. The van der Waals surface area contributed by atoms with E-state index in [1.165, 1.54) is 5.56 Å². The number of nitrogens with zero attached hydrogens (tertiary/aromatic N) is 3. The number of nitrogens with one attached hydrogen (secondary N) is 1. The van der Waals surface area contributed by atoms with Crippen LogP contribution in [0.2, 0.25) is 0 Å². The monoisotopic (exact) mass is 224 g/mol. The van der Waals surface area contributed by atoms with Gasteiger partial charge in [-0.1, -0.05) is 25.1 Å². The fraction of sp³-hybridized carbons (Fsp3) is 0.154. The molecule has 84 valence electrons. The number of rotatable bonds is 3. The second kappa shape index (κ2) is 5.08. The van der Waals surface area contributed by atoms with E-state index in [0.717, 1.165) is 17.8 Å². The van der Waals surface area contributed by atoms with Crippen LogP contribution in [0.1, 0.15) is 18.3 Å². The highest BCUT2D eigenvalue weighted by Crippen LogP contribution is 2.20. The molecular weight excluding hydrogens is 212 g/mol. The van der Waals surface area contributed by atoms with E-state index in [4.69, 9.17) is 5.26 Å². The van der Waals surface area contributed by atoms with Crippen molar-refractivity contribution in [2.24, 2.45) is 0 Å². The number of anilines is 2. The Balaban J connectivity index is 2.22. The Kier molecular flexibility index (Phi) is 3.31. The zero-order chi connectivity index (χ0) is 12.1. The number of hydrogen-bond acceptors (Lipinski definition) is 4. The predicted octanol–water partition coefficient (Wildman–Crippen LogP) is 2.65. The molecule has 0 fully saturated rings. The molecule has 0 aliphatic carbocycles. The van der Waals surface area contributed by atoms with Gasteiger partial charge in [-0.05, 0) is 18.1 Å². The topological polar surface area (TPSA) is 61.6 Å². The Hall–Kier alpha value is -2.41. The summed E-state index contributed by atoms with van der Waals surface area (Å²) in [5, 5.41) is 11.8. The first-order chi connectivity index (χ1) is 8.33. The molecule has 0 aliphatic heterocycles. The summed E-state index contributed by atoms with van der Waals surface area (Å²) in [6, 6.07) is 9.97. The van der Waals surface area contributed by atoms with Gasteiger partial charge in [0.05, 0.1) is 18.1 Å². The van der Waals surface area contributed by atoms with Crippen LogP contribution in [0.5, 0.6) is 0 Å². The van der Waals surface area contributed by atoms with Crippen molar-refractivity contribution in [1.29, 1.82) is 5.26 Å². The van der Waals surface area contributed by atoms with Crippen LogP contribution < -0.4 is 5.32 Å². The molecule has 0 amide bonds. The lowest BCUT2D eigenvalue weighted by Gasteiger charge is -2.09. The first-order valence-electron chi connectivity index (χ1n) is 5.40. The lowest BCUT2D eigenvalue weighted by Crippen LogP contribution is -1.97. The quantitative estimate of drug-likeness (QED) is 0.870. The van der Waals surface area contributed by atoms with Crippen molar-refractivity contribution in [3.8, 4) is 6.07 Å². The van der Waals surface area contributed by atoms with Crippen molar-refractivity contribution < 1.29 is 0 Å². The molecule has 0 aliphatic rings. The van der Waals surface area contributed by atoms with Gasteiger partial charge in [-0.15, -0.1) is 0 Å². The Labute approximate surface area is 100.0 Å². The van der Waals surface area contributed by atoms with E-state index >= 15 is 0 Å². The molecule has 0 atom stereocenters. The minimum Gasteiger partial charge on any atom is -0.353 e. The van der Waals surface area contributed by atoms with Crippen LogP contribution in [0.25, 0.3) is 0 Å². The zero-order valence-electron chi connectivity index (χ0n) is 9.51. The summed E-state index contributed by atoms with van der Waals surface area (Å²) in [5.74, 6) is 0.180. The van der Waals surface area contributed by atoms with Gasteiger partial charge >= 0.3 is 0 Å². The molecule has 2 aromatic rings. The molecule has 0 saturated heterocycles. The third kappa shape index (κ3) is 2.58. The Morgan fingerprint density at radius 2 is 1.94 bits per heavy atom. The summed E-state index contributed by atoms with van der Waals surface area (Å²) in [5.41, 5.74) is 3.06. The summed E-state index contributed by atoms with van der Waals surface area (Å²) >= 11 is 0. The van der Waals surface area contributed by atoms with Crippen LogP contribution in [0.3, 0.4) is 0 Å². The largest absolute Gasteiger partial charge is 0.353 e. The van der Waals surface area contributed by atoms with E-state index < -0.39 is 0 Å². The van der Waals surface area contributed by atoms with Crippen molar-refractivity contribution in [2.75, 3.05) is 5.32 Å². The molecule has 1 heterocycles. The number of benzene rings is 1. The molecule has 0 bridgehead atoms. The fourth-order valence-corrected chi connectivity index (χ4v) is 1.56. The summed E-state index contributed by atoms with van der Waals surface area (Å²) in [4.78, 5) is 7.83. The average molecular weight is 224 g/mol. The SMILES string of the molecule is CCc1ccccc1Nc1cnc(C#N)nc1. The van der Waals surface area contributed by atoms with Gasteiger partial charge in [0.2, 0.25) is 5.82 Å². The van der Waals surface area contributed by atoms with Crippen molar-refractivity contribution in [3.63, 3.8) is 0 Å². The van der Waals surface area contributed by atoms with Crippen LogP contribution in [0.4, 0.5) is 11.4 Å². The van der Waals surface area contributed by atoms with Crippen LogP contribution in [0, 0.1) is 11.3 Å². The molecule has 1 N–H and O–H groups in total. The third-order valence-corrected chi connectivity index (χ3v) is 2.43. The molecule has 0 radical (unpaired) electrons. The maximum atomic E-state index is 8.60. The molecule has 17 heavy (non-hydrogen) atoms. The van der Waals surface area contributed by atoms with Crippen molar-refractivity contribution >= 4 is 11.4 Å². The molecule has 1 aromatic heterocycles. The van der Waals surface area contributed by atoms with Crippen LogP contribution >= 0.6 is 0 Å². The van der Waals surface area contributed by atoms with Crippen LogP contribution in [-0.2, 0) is 6.42 Å². The van der Waals surface area contributed by atoms with Crippen molar-refractivity contribution in [1.82, 2.24) is 9.97 Å². The summed E-state index contributed by atoms with van der Waals surface area (Å²) in [7, 11) is 0.